The lowest BCUT2D eigenvalue weighted by Crippen LogP contribution is -2.67. The third kappa shape index (κ3) is 20.1. The lowest BCUT2D eigenvalue weighted by Gasteiger charge is -2.50. The summed E-state index contributed by atoms with van der Waals surface area (Å²) in [6.07, 6.45) is 20.9. The predicted octanol–water partition coefficient (Wildman–Crippen LogP) is 18.5. The van der Waals surface area contributed by atoms with E-state index in [-0.39, 0.29) is 23.1 Å². The number of ketones is 4. The highest BCUT2D eigenvalue weighted by atomic mass is 28.5. The number of carbonyl (C=O) groups is 4. The number of aryl methyl sites for hydroxylation is 4. The van der Waals surface area contributed by atoms with E-state index in [9.17, 15) is 19.2 Å². The lowest BCUT2D eigenvalue weighted by atomic mass is 10.1. The molecule has 0 unspecified atom stereocenters. The molecule has 0 amide bonds. The molecule has 0 aliphatic carbocycles. The molecule has 0 aromatic heterocycles. The Kier molecular flexibility index (Phi) is 23.0. The number of carbonyl (C=O) groups excluding carboxylic acids is 4. The Bertz CT molecular complexity index is 3180. The average Bonchev–Trinajstić information content (AvgIpc) is 1.01. The van der Waals surface area contributed by atoms with Gasteiger partial charge in [-0.1, -0.05) is 243 Å². The van der Waals surface area contributed by atoms with Gasteiger partial charge < -0.3 is 16.5 Å². The smallest absolute Gasteiger partial charge is 0.317 e. The number of allylic oxidation sites excluding steroid dienone is 4. The van der Waals surface area contributed by atoms with E-state index in [0.717, 1.165) is 97.8 Å². The van der Waals surface area contributed by atoms with Crippen LogP contribution in [0.5, 0.6) is 0 Å². The molecular weight excluding hydrogens is 1150 g/mol. The first-order valence-corrected chi connectivity index (χ1v) is 40.9. The van der Waals surface area contributed by atoms with Crippen molar-refractivity contribution in [3.8, 4) is 0 Å². The zero-order valence-corrected chi connectivity index (χ0v) is 55.2. The monoisotopic (exact) mass is 1230 g/mol. The second kappa shape index (κ2) is 31.3. The number of benzene rings is 8. The summed E-state index contributed by atoms with van der Waals surface area (Å²) in [7, 11) is -12.0. The quantitative estimate of drug-likeness (QED) is 0.0271. The zero-order chi connectivity index (χ0) is 61.7. The molecule has 8 aromatic carbocycles. The van der Waals surface area contributed by atoms with Crippen molar-refractivity contribution in [1.82, 2.24) is 0 Å². The van der Waals surface area contributed by atoms with E-state index in [1.54, 1.807) is 24.3 Å². The van der Waals surface area contributed by atoms with Crippen LogP contribution in [0.3, 0.4) is 0 Å². The Morgan fingerprint density at radius 1 is 0.273 bits per heavy atom. The standard InChI is InChI=1S/C76H80O8Si4/c1-85(57-17-21-61-33-41-65(42-34-61)49-53-73(77)69-25-9-5-10-26-69)81-86(2,58-18-22-62-35-43-66(44-36-62)50-54-74(78)70-27-11-6-12-28-70)83-88(4,60-20-24-64-39-47-68(48-40-64)52-56-76(80)72-31-15-8-16-32-72)84-87(3,82-85)59-19-23-63-37-45-67(46-38-63)51-55-75(79)71-29-13-7-14-30-71/h5-16,25-56H,17-24,57-60H2,1-4H3. The summed E-state index contributed by atoms with van der Waals surface area (Å²) < 4.78 is 30.9. The van der Waals surface area contributed by atoms with Gasteiger partial charge in [0.25, 0.3) is 0 Å². The minimum atomic E-state index is -3.01. The predicted molar refractivity (Wildman–Crippen MR) is 368 cm³/mol. The number of hydrogen-bond donors (Lipinski definition) is 0. The highest BCUT2D eigenvalue weighted by Crippen LogP contribution is 2.40. The maximum absolute atomic E-state index is 12.8. The molecule has 1 aliphatic rings. The van der Waals surface area contributed by atoms with Crippen LogP contribution in [0.2, 0.25) is 50.4 Å². The molecule has 0 spiro atoms. The van der Waals surface area contributed by atoms with Crippen LogP contribution in [0, 0.1) is 0 Å². The Morgan fingerprint density at radius 2 is 0.455 bits per heavy atom. The van der Waals surface area contributed by atoms with Gasteiger partial charge in [-0.3, -0.25) is 19.2 Å². The highest BCUT2D eigenvalue weighted by molar-refractivity contribution is 6.94. The molecular formula is C76H80O8Si4. The van der Waals surface area contributed by atoms with Crippen molar-refractivity contribution in [3.63, 3.8) is 0 Å². The van der Waals surface area contributed by atoms with E-state index >= 15 is 0 Å². The molecule has 1 heterocycles. The van der Waals surface area contributed by atoms with Gasteiger partial charge in [0.1, 0.15) is 0 Å². The summed E-state index contributed by atoms with van der Waals surface area (Å²) in [4.78, 5) is 51.3. The van der Waals surface area contributed by atoms with Gasteiger partial charge in [0.2, 0.25) is 0 Å². The first kappa shape index (κ1) is 64.6. The number of rotatable bonds is 28. The average molecular weight is 1230 g/mol. The molecule has 12 heteroatoms. The van der Waals surface area contributed by atoms with Gasteiger partial charge >= 0.3 is 34.2 Å². The van der Waals surface area contributed by atoms with E-state index in [4.69, 9.17) is 16.5 Å². The third-order valence-electron chi connectivity index (χ3n) is 16.0. The third-order valence-corrected chi connectivity index (χ3v) is 34.8. The number of hydrogen-bond acceptors (Lipinski definition) is 8. The van der Waals surface area contributed by atoms with Crippen LogP contribution in [0.25, 0.3) is 24.3 Å². The van der Waals surface area contributed by atoms with Crippen LogP contribution in [0.1, 0.15) is 112 Å². The van der Waals surface area contributed by atoms with Gasteiger partial charge in [0, 0.05) is 22.3 Å². The van der Waals surface area contributed by atoms with E-state index in [1.807, 2.05) is 146 Å². The first-order chi connectivity index (χ1) is 42.6. The Hall–Kier alpha value is -7.89. The van der Waals surface area contributed by atoms with E-state index in [0.29, 0.717) is 22.3 Å². The summed E-state index contributed by atoms with van der Waals surface area (Å²) >= 11 is 0. The van der Waals surface area contributed by atoms with Gasteiger partial charge in [-0.2, -0.15) is 0 Å². The van der Waals surface area contributed by atoms with E-state index in [2.05, 4.69) is 123 Å². The Morgan fingerprint density at radius 3 is 0.636 bits per heavy atom. The van der Waals surface area contributed by atoms with Crippen molar-refractivity contribution in [2.45, 2.75) is 102 Å². The molecule has 0 saturated carbocycles. The molecule has 1 saturated heterocycles. The van der Waals surface area contributed by atoms with Crippen molar-refractivity contribution < 1.29 is 35.6 Å². The van der Waals surface area contributed by atoms with Gasteiger partial charge in [0.15, 0.2) is 23.1 Å². The minimum absolute atomic E-state index is 0.0247. The SMILES string of the molecule is C[Si]1(CCCc2ccc(C=CC(=O)c3ccccc3)cc2)O[Si](C)(CCCc2ccc(C=CC(=O)c3ccccc3)cc2)O[Si](C)(CCCc2ccc(C=CC(=O)c3ccccc3)cc2)O[Si](C)(CCCc2ccc(C=CC(=O)c3ccccc3)cc2)O1. The van der Waals surface area contributed by atoms with Gasteiger partial charge in [-0.05, 0) is 171 Å². The van der Waals surface area contributed by atoms with Gasteiger partial charge in [-0.25, -0.2) is 0 Å². The van der Waals surface area contributed by atoms with Crippen LogP contribution in [0.15, 0.2) is 243 Å². The molecule has 0 N–H and O–H groups in total. The molecule has 0 radical (unpaired) electrons. The summed E-state index contributed by atoms with van der Waals surface area (Å²) in [6, 6.07) is 74.2. The molecule has 0 bridgehead atoms. The van der Waals surface area contributed by atoms with Crippen molar-refractivity contribution in [3.05, 3.63) is 309 Å². The summed E-state index contributed by atoms with van der Waals surface area (Å²) in [5.41, 5.74) is 11.4. The van der Waals surface area contributed by atoms with E-state index in [1.165, 1.54) is 22.3 Å². The van der Waals surface area contributed by atoms with Crippen LogP contribution in [-0.2, 0) is 42.1 Å². The molecule has 8 aromatic rings. The minimum Gasteiger partial charge on any atom is -0.416 e. The fourth-order valence-electron chi connectivity index (χ4n) is 11.4. The zero-order valence-electron chi connectivity index (χ0n) is 51.2. The summed E-state index contributed by atoms with van der Waals surface area (Å²) in [5.74, 6) is -0.0990. The van der Waals surface area contributed by atoms with Crippen molar-refractivity contribution in [1.29, 1.82) is 0 Å². The first-order valence-electron chi connectivity index (χ1n) is 30.8. The highest BCUT2D eigenvalue weighted by Gasteiger charge is 2.56. The van der Waals surface area contributed by atoms with Crippen LogP contribution < -0.4 is 0 Å². The Balaban J connectivity index is 0.920. The lowest BCUT2D eigenvalue weighted by molar-refractivity contribution is 0.103. The molecule has 448 valence electrons. The molecule has 88 heavy (non-hydrogen) atoms. The molecule has 9 rings (SSSR count). The van der Waals surface area contributed by atoms with Crippen LogP contribution in [0.4, 0.5) is 0 Å². The normalized spacial score (nSPS) is 19.7. The van der Waals surface area contributed by atoms with Gasteiger partial charge in [-0.15, -0.1) is 0 Å². The second-order valence-electron chi connectivity index (χ2n) is 23.6. The topological polar surface area (TPSA) is 105 Å². The maximum atomic E-state index is 12.8. The van der Waals surface area contributed by atoms with Crippen LogP contribution in [-0.4, -0.2) is 57.4 Å². The molecule has 0 atom stereocenters. The van der Waals surface area contributed by atoms with E-state index < -0.39 is 34.2 Å². The summed E-state index contributed by atoms with van der Waals surface area (Å²) in [5, 5.41) is 0. The van der Waals surface area contributed by atoms with Crippen molar-refractivity contribution >= 4 is 81.7 Å². The Labute approximate surface area is 525 Å². The van der Waals surface area contributed by atoms with Crippen molar-refractivity contribution in [2.75, 3.05) is 0 Å². The van der Waals surface area contributed by atoms with Crippen molar-refractivity contribution in [2.24, 2.45) is 0 Å². The van der Waals surface area contributed by atoms with Gasteiger partial charge in [0.05, 0.1) is 0 Å². The second-order valence-corrected chi connectivity index (χ2v) is 37.9. The molecule has 1 aliphatic heterocycles. The van der Waals surface area contributed by atoms with Crippen LogP contribution >= 0.6 is 0 Å². The fraction of sp³-hybridized carbons (Fsp3) is 0.211. The molecule has 1 fully saturated rings. The largest absolute Gasteiger partial charge is 0.416 e. The maximum Gasteiger partial charge on any atom is 0.317 e. The molecule has 8 nitrogen and oxygen atoms in total. The summed E-state index contributed by atoms with van der Waals surface area (Å²) in [6.45, 7) is 8.99. The fourth-order valence-corrected chi connectivity index (χ4v) is 34.8.